The first-order chi connectivity index (χ1) is 7.81. The molecule has 0 N–H and O–H groups in total. The fourth-order valence-corrected chi connectivity index (χ4v) is 3.13. The molecule has 94 valence electrons. The molecule has 0 atom stereocenters. The molecule has 0 saturated heterocycles. The molecule has 0 aliphatic carbocycles. The number of nitrogens with zero attached hydrogens (tertiary/aromatic N) is 2. The number of fused-ring (bicyclic) bond motifs is 1. The topological polar surface area (TPSA) is 26.5 Å². The van der Waals surface area contributed by atoms with E-state index >= 15 is 0 Å². The van der Waals surface area contributed by atoms with Gasteiger partial charge in [-0.2, -0.15) is 0 Å². The Morgan fingerprint density at radius 1 is 1.41 bits per heavy atom. The fourth-order valence-electron chi connectivity index (χ4n) is 1.35. The second-order valence-electron chi connectivity index (χ2n) is 5.88. The van der Waals surface area contributed by atoms with Crippen LogP contribution in [0.5, 0.6) is 0 Å². The zero-order valence-electron chi connectivity index (χ0n) is 11.2. The summed E-state index contributed by atoms with van der Waals surface area (Å²) in [7, 11) is -1.66. The van der Waals surface area contributed by atoms with E-state index in [4.69, 9.17) is 4.43 Å². The van der Waals surface area contributed by atoms with E-state index < -0.39 is 8.32 Å². The Hall–Kier alpha value is -0.653. The summed E-state index contributed by atoms with van der Waals surface area (Å²) in [6.07, 6.45) is 3.75. The van der Waals surface area contributed by atoms with Crippen LogP contribution in [-0.4, -0.2) is 17.7 Å². The Balaban J connectivity index is 2.11. The highest BCUT2D eigenvalue weighted by molar-refractivity contribution is 7.15. The molecule has 2 rings (SSSR count). The van der Waals surface area contributed by atoms with Crippen molar-refractivity contribution in [2.45, 2.75) is 45.5 Å². The second kappa shape index (κ2) is 4.22. The van der Waals surface area contributed by atoms with Crippen LogP contribution in [0.2, 0.25) is 18.1 Å². The molecule has 0 aliphatic heterocycles. The van der Waals surface area contributed by atoms with Gasteiger partial charge in [0.25, 0.3) is 0 Å². The van der Waals surface area contributed by atoms with Gasteiger partial charge in [0.05, 0.1) is 18.5 Å². The quantitative estimate of drug-likeness (QED) is 0.789. The number of hydrogen-bond acceptors (Lipinski definition) is 3. The number of aromatic nitrogens is 2. The standard InChI is InChI=1S/C12H20N2OSSi/c1-12(2,3)17(4,5)15-7-10-8-16-11-6-13-9-14(10)11/h6,8-9H,7H2,1-5H3. The Kier molecular flexibility index (Phi) is 3.18. The highest BCUT2D eigenvalue weighted by atomic mass is 32.1. The molecule has 0 fully saturated rings. The lowest BCUT2D eigenvalue weighted by molar-refractivity contribution is 0.271. The average Bonchev–Trinajstić information content (AvgIpc) is 2.74. The maximum atomic E-state index is 6.21. The molecule has 0 amide bonds. The van der Waals surface area contributed by atoms with Crippen molar-refractivity contribution in [2.75, 3.05) is 0 Å². The summed E-state index contributed by atoms with van der Waals surface area (Å²) in [5.41, 5.74) is 1.20. The maximum Gasteiger partial charge on any atom is 0.192 e. The summed E-state index contributed by atoms with van der Waals surface area (Å²) in [6, 6.07) is 0. The summed E-state index contributed by atoms with van der Waals surface area (Å²) < 4.78 is 8.32. The van der Waals surface area contributed by atoms with Crippen LogP contribution < -0.4 is 0 Å². The lowest BCUT2D eigenvalue weighted by Gasteiger charge is -2.36. The third kappa shape index (κ3) is 2.46. The van der Waals surface area contributed by atoms with Crippen LogP contribution in [0.3, 0.4) is 0 Å². The van der Waals surface area contributed by atoms with Crippen LogP contribution in [0.4, 0.5) is 0 Å². The van der Waals surface area contributed by atoms with Crippen molar-refractivity contribution in [3.05, 3.63) is 23.6 Å². The van der Waals surface area contributed by atoms with E-state index in [0.717, 1.165) is 0 Å². The van der Waals surface area contributed by atoms with Crippen molar-refractivity contribution in [1.82, 2.24) is 9.38 Å². The van der Waals surface area contributed by atoms with Gasteiger partial charge in [-0.1, -0.05) is 20.8 Å². The number of hydrogen-bond donors (Lipinski definition) is 0. The number of imidazole rings is 1. The van der Waals surface area contributed by atoms with Crippen LogP contribution in [0, 0.1) is 0 Å². The van der Waals surface area contributed by atoms with Crippen LogP contribution >= 0.6 is 11.3 Å². The smallest absolute Gasteiger partial charge is 0.192 e. The van der Waals surface area contributed by atoms with Gasteiger partial charge >= 0.3 is 0 Å². The van der Waals surface area contributed by atoms with Crippen molar-refractivity contribution in [1.29, 1.82) is 0 Å². The first kappa shape index (κ1) is 12.8. The van der Waals surface area contributed by atoms with Crippen molar-refractivity contribution in [3.8, 4) is 0 Å². The minimum Gasteiger partial charge on any atom is -0.411 e. The second-order valence-corrected chi connectivity index (χ2v) is 11.6. The van der Waals surface area contributed by atoms with Crippen molar-refractivity contribution >= 4 is 24.5 Å². The van der Waals surface area contributed by atoms with Gasteiger partial charge in [0, 0.05) is 5.38 Å². The zero-order valence-corrected chi connectivity index (χ0v) is 13.0. The molecule has 0 radical (unpaired) electrons. The molecule has 2 aromatic rings. The van der Waals surface area contributed by atoms with E-state index in [0.29, 0.717) is 6.61 Å². The van der Waals surface area contributed by atoms with E-state index in [2.05, 4.69) is 48.6 Å². The third-order valence-electron chi connectivity index (χ3n) is 3.62. The van der Waals surface area contributed by atoms with E-state index in [1.807, 2.05) is 12.5 Å². The largest absolute Gasteiger partial charge is 0.411 e. The summed E-state index contributed by atoms with van der Waals surface area (Å²) in [5, 5.41) is 2.42. The molecule has 0 spiro atoms. The highest BCUT2D eigenvalue weighted by Gasteiger charge is 2.37. The van der Waals surface area contributed by atoms with E-state index in [1.54, 1.807) is 11.3 Å². The predicted octanol–water partition coefficient (Wildman–Crippen LogP) is 3.92. The molecule has 0 bridgehead atoms. The minimum absolute atomic E-state index is 0.261. The van der Waals surface area contributed by atoms with Gasteiger partial charge in [0.1, 0.15) is 11.2 Å². The molecule has 17 heavy (non-hydrogen) atoms. The Morgan fingerprint density at radius 2 is 2.12 bits per heavy atom. The maximum absolute atomic E-state index is 6.21. The van der Waals surface area contributed by atoms with Crippen LogP contribution in [-0.2, 0) is 11.0 Å². The molecular weight excluding hydrogens is 248 g/mol. The fraction of sp³-hybridized carbons (Fsp3) is 0.583. The molecular formula is C12H20N2OSSi. The molecule has 0 unspecified atom stereocenters. The molecule has 0 aromatic carbocycles. The van der Waals surface area contributed by atoms with Gasteiger partial charge in [0.15, 0.2) is 8.32 Å². The third-order valence-corrected chi connectivity index (χ3v) is 9.03. The van der Waals surface area contributed by atoms with Gasteiger partial charge in [-0.15, -0.1) is 11.3 Å². The Morgan fingerprint density at radius 3 is 2.76 bits per heavy atom. The molecule has 5 heteroatoms. The van der Waals surface area contributed by atoms with E-state index in [1.165, 1.54) is 10.5 Å². The lowest BCUT2D eigenvalue weighted by atomic mass is 10.2. The Bertz CT molecular complexity index is 510. The first-order valence-electron chi connectivity index (χ1n) is 5.84. The monoisotopic (exact) mass is 268 g/mol. The van der Waals surface area contributed by atoms with Crippen LogP contribution in [0.1, 0.15) is 26.5 Å². The lowest BCUT2D eigenvalue weighted by Crippen LogP contribution is -2.40. The average molecular weight is 268 g/mol. The van der Waals surface area contributed by atoms with Gasteiger partial charge < -0.3 is 4.43 Å². The van der Waals surface area contributed by atoms with Crippen LogP contribution in [0.15, 0.2) is 17.9 Å². The van der Waals surface area contributed by atoms with Gasteiger partial charge in [-0.25, -0.2) is 4.98 Å². The summed E-state index contributed by atoms with van der Waals surface area (Å²) in [4.78, 5) is 5.32. The minimum atomic E-state index is -1.66. The van der Waals surface area contributed by atoms with Gasteiger partial charge in [0.2, 0.25) is 0 Å². The molecule has 2 heterocycles. The van der Waals surface area contributed by atoms with Crippen molar-refractivity contribution in [2.24, 2.45) is 0 Å². The summed E-state index contributed by atoms with van der Waals surface area (Å²) >= 11 is 1.71. The highest BCUT2D eigenvalue weighted by Crippen LogP contribution is 2.37. The first-order valence-corrected chi connectivity index (χ1v) is 9.62. The van der Waals surface area contributed by atoms with E-state index in [-0.39, 0.29) is 5.04 Å². The van der Waals surface area contributed by atoms with Crippen molar-refractivity contribution in [3.63, 3.8) is 0 Å². The number of rotatable bonds is 3. The SMILES string of the molecule is CC(C)(C)[Si](C)(C)OCc1csc2cncn12. The zero-order chi connectivity index (χ0) is 12.7. The van der Waals surface area contributed by atoms with Crippen LogP contribution in [0.25, 0.3) is 4.83 Å². The molecule has 2 aromatic heterocycles. The van der Waals surface area contributed by atoms with E-state index in [9.17, 15) is 0 Å². The Labute approximate surface area is 108 Å². The molecule has 0 saturated carbocycles. The van der Waals surface area contributed by atoms with Gasteiger partial charge in [-0.3, -0.25) is 4.40 Å². The predicted molar refractivity (Wildman–Crippen MR) is 75.1 cm³/mol. The van der Waals surface area contributed by atoms with Gasteiger partial charge in [-0.05, 0) is 18.1 Å². The summed E-state index contributed by atoms with van der Waals surface area (Å²) in [6.45, 7) is 12.0. The molecule has 0 aliphatic rings. The normalized spacial score (nSPS) is 13.5. The molecule has 3 nitrogen and oxygen atoms in total. The number of thiazole rings is 1. The summed E-state index contributed by atoms with van der Waals surface area (Å²) in [5.74, 6) is 0. The van der Waals surface area contributed by atoms with Crippen molar-refractivity contribution < 1.29 is 4.43 Å².